The summed E-state index contributed by atoms with van der Waals surface area (Å²) in [6, 6.07) is 0. The molecule has 18 heavy (non-hydrogen) atoms. The maximum Gasteiger partial charge on any atom is 0.508 e. The molecule has 4 nitrogen and oxygen atoms in total. The molecule has 2 aliphatic rings. The van der Waals surface area contributed by atoms with Crippen LogP contribution in [0.5, 0.6) is 0 Å². The quantitative estimate of drug-likeness (QED) is 0.674. The van der Waals surface area contributed by atoms with Gasteiger partial charge in [0.05, 0.1) is 6.61 Å². The van der Waals surface area contributed by atoms with Crippen LogP contribution in [0.4, 0.5) is 4.79 Å². The Balaban J connectivity index is 1.96. The van der Waals surface area contributed by atoms with Crippen molar-refractivity contribution in [3.8, 4) is 0 Å². The van der Waals surface area contributed by atoms with Gasteiger partial charge in [0.15, 0.2) is 0 Å². The summed E-state index contributed by atoms with van der Waals surface area (Å²) in [5.74, 6) is 0.516. The van der Waals surface area contributed by atoms with Crippen LogP contribution in [-0.4, -0.2) is 24.6 Å². The minimum atomic E-state index is -0.561. The molecule has 0 aromatic heterocycles. The third kappa shape index (κ3) is 4.00. The first-order valence-electron chi connectivity index (χ1n) is 7.11. The number of hydrogen-bond donors (Lipinski definition) is 0. The standard InChI is InChI=1S/C14H22O4/c15-12-7-3-1-2-6-11(10-12)13-8-4-5-9-17-14(16)18-13/h11,13H,1-10H2. The van der Waals surface area contributed by atoms with Crippen molar-refractivity contribution in [3.05, 3.63) is 0 Å². The van der Waals surface area contributed by atoms with Gasteiger partial charge in [0.2, 0.25) is 0 Å². The lowest BCUT2D eigenvalue weighted by molar-refractivity contribution is -0.122. The molecule has 1 aliphatic carbocycles. The highest BCUT2D eigenvalue weighted by Crippen LogP contribution is 2.28. The van der Waals surface area contributed by atoms with Crippen LogP contribution in [-0.2, 0) is 14.3 Å². The van der Waals surface area contributed by atoms with E-state index in [-0.39, 0.29) is 12.0 Å². The zero-order valence-electron chi connectivity index (χ0n) is 10.9. The van der Waals surface area contributed by atoms with E-state index in [9.17, 15) is 9.59 Å². The summed E-state index contributed by atoms with van der Waals surface area (Å²) in [5, 5.41) is 0. The number of carbonyl (C=O) groups excluding carboxylic acids is 2. The van der Waals surface area contributed by atoms with Crippen LogP contribution in [0.2, 0.25) is 0 Å². The summed E-state index contributed by atoms with van der Waals surface area (Å²) in [6.07, 6.45) is 7.58. The maximum atomic E-state index is 11.8. The van der Waals surface area contributed by atoms with Gasteiger partial charge in [0, 0.05) is 18.8 Å². The lowest BCUT2D eigenvalue weighted by atomic mass is 9.84. The molecule has 0 spiro atoms. The van der Waals surface area contributed by atoms with E-state index in [1.807, 2.05) is 0 Å². The Hall–Kier alpha value is -1.06. The molecule has 2 rings (SSSR count). The highest BCUT2D eigenvalue weighted by atomic mass is 16.7. The van der Waals surface area contributed by atoms with Crippen molar-refractivity contribution in [2.75, 3.05) is 6.61 Å². The predicted octanol–water partition coefficient (Wildman–Crippen LogP) is 3.23. The summed E-state index contributed by atoms with van der Waals surface area (Å²) in [6.45, 7) is 0.454. The topological polar surface area (TPSA) is 52.6 Å². The zero-order valence-corrected chi connectivity index (χ0v) is 10.9. The first-order chi connectivity index (χ1) is 8.75. The number of rotatable bonds is 1. The number of hydrogen-bond acceptors (Lipinski definition) is 4. The van der Waals surface area contributed by atoms with Gasteiger partial charge in [-0.2, -0.15) is 0 Å². The number of ether oxygens (including phenoxy) is 2. The average molecular weight is 254 g/mol. The van der Waals surface area contributed by atoms with Crippen molar-refractivity contribution in [1.29, 1.82) is 0 Å². The van der Waals surface area contributed by atoms with Crippen LogP contribution in [0.3, 0.4) is 0 Å². The van der Waals surface area contributed by atoms with Crippen molar-refractivity contribution in [3.63, 3.8) is 0 Å². The lowest BCUT2D eigenvalue weighted by Crippen LogP contribution is -2.31. The number of ketones is 1. The Morgan fingerprint density at radius 2 is 1.78 bits per heavy atom. The van der Waals surface area contributed by atoms with E-state index in [1.165, 1.54) is 0 Å². The molecule has 0 bridgehead atoms. The number of Topliss-reactive ketones (excluding diaryl/α,β-unsaturated/α-hetero) is 1. The molecule has 0 amide bonds. The van der Waals surface area contributed by atoms with Gasteiger partial charge >= 0.3 is 6.16 Å². The zero-order chi connectivity index (χ0) is 12.8. The molecule has 4 heteroatoms. The van der Waals surface area contributed by atoms with Crippen molar-refractivity contribution in [2.24, 2.45) is 5.92 Å². The van der Waals surface area contributed by atoms with E-state index < -0.39 is 6.16 Å². The second-order valence-electron chi connectivity index (χ2n) is 5.35. The Morgan fingerprint density at radius 1 is 0.944 bits per heavy atom. The third-order valence-corrected chi connectivity index (χ3v) is 3.90. The third-order valence-electron chi connectivity index (χ3n) is 3.90. The highest BCUT2D eigenvalue weighted by molar-refractivity contribution is 5.78. The largest absolute Gasteiger partial charge is 0.508 e. The fourth-order valence-corrected chi connectivity index (χ4v) is 2.87. The second kappa shape index (κ2) is 6.76. The van der Waals surface area contributed by atoms with Gasteiger partial charge in [-0.05, 0) is 32.1 Å². The van der Waals surface area contributed by atoms with Crippen molar-refractivity contribution in [1.82, 2.24) is 0 Å². The summed E-state index contributed by atoms with van der Waals surface area (Å²) in [7, 11) is 0. The van der Waals surface area contributed by atoms with Crippen molar-refractivity contribution in [2.45, 2.75) is 63.9 Å². The summed E-state index contributed by atoms with van der Waals surface area (Å²) in [5.41, 5.74) is 0. The Bertz CT molecular complexity index is 270. The van der Waals surface area contributed by atoms with Crippen LogP contribution in [0, 0.1) is 5.92 Å². The van der Waals surface area contributed by atoms with Crippen molar-refractivity contribution < 1.29 is 19.1 Å². The molecule has 0 N–H and O–H groups in total. The van der Waals surface area contributed by atoms with Crippen LogP contribution in [0.1, 0.15) is 57.8 Å². The van der Waals surface area contributed by atoms with Crippen LogP contribution in [0.15, 0.2) is 0 Å². The van der Waals surface area contributed by atoms with Crippen molar-refractivity contribution >= 4 is 11.9 Å². The minimum Gasteiger partial charge on any atom is -0.434 e. The van der Waals surface area contributed by atoms with Crippen LogP contribution in [0.25, 0.3) is 0 Å². The van der Waals surface area contributed by atoms with Gasteiger partial charge in [0.25, 0.3) is 0 Å². The molecule has 1 saturated carbocycles. The Kier molecular flexibility index (Phi) is 5.02. The van der Waals surface area contributed by atoms with Gasteiger partial charge in [-0.3, -0.25) is 4.79 Å². The summed E-state index contributed by atoms with van der Waals surface area (Å²) >= 11 is 0. The lowest BCUT2D eigenvalue weighted by Gasteiger charge is -2.29. The Labute approximate surface area is 108 Å². The molecule has 102 valence electrons. The minimum absolute atomic E-state index is 0.125. The molecule has 2 fully saturated rings. The molecule has 2 atom stereocenters. The van der Waals surface area contributed by atoms with Gasteiger partial charge in [-0.25, -0.2) is 4.79 Å². The predicted molar refractivity (Wildman–Crippen MR) is 66.3 cm³/mol. The summed E-state index contributed by atoms with van der Waals surface area (Å²) < 4.78 is 10.3. The number of carbonyl (C=O) groups is 2. The van der Waals surface area contributed by atoms with Gasteiger partial charge in [0.1, 0.15) is 11.9 Å². The molecule has 1 aliphatic heterocycles. The Morgan fingerprint density at radius 3 is 2.67 bits per heavy atom. The fraction of sp³-hybridized carbons (Fsp3) is 0.857. The van der Waals surface area contributed by atoms with E-state index in [1.54, 1.807) is 0 Å². The second-order valence-corrected chi connectivity index (χ2v) is 5.35. The van der Waals surface area contributed by atoms with E-state index in [0.29, 0.717) is 25.2 Å². The van der Waals surface area contributed by atoms with Gasteiger partial charge in [-0.1, -0.05) is 12.8 Å². The molecule has 0 radical (unpaired) electrons. The molecule has 1 saturated heterocycles. The first kappa shape index (κ1) is 13.4. The molecule has 1 heterocycles. The van der Waals surface area contributed by atoms with E-state index in [4.69, 9.17) is 9.47 Å². The monoisotopic (exact) mass is 254 g/mol. The van der Waals surface area contributed by atoms with E-state index in [0.717, 1.165) is 44.9 Å². The maximum absolute atomic E-state index is 11.8. The molecular formula is C14H22O4. The molecule has 2 unspecified atom stereocenters. The highest BCUT2D eigenvalue weighted by Gasteiger charge is 2.29. The average Bonchev–Trinajstić information content (AvgIpc) is 2.28. The molecule has 0 aromatic carbocycles. The molecular weight excluding hydrogens is 232 g/mol. The smallest absolute Gasteiger partial charge is 0.434 e. The fourth-order valence-electron chi connectivity index (χ4n) is 2.87. The van der Waals surface area contributed by atoms with Crippen LogP contribution < -0.4 is 0 Å². The van der Waals surface area contributed by atoms with E-state index >= 15 is 0 Å². The van der Waals surface area contributed by atoms with Gasteiger partial charge < -0.3 is 9.47 Å². The van der Waals surface area contributed by atoms with Crippen LogP contribution >= 0.6 is 0 Å². The van der Waals surface area contributed by atoms with Gasteiger partial charge in [-0.15, -0.1) is 0 Å². The van der Waals surface area contributed by atoms with E-state index in [2.05, 4.69) is 0 Å². The SMILES string of the molecule is O=C1CCCCCC(C2CCCCOC(=O)O2)C1. The summed E-state index contributed by atoms with van der Waals surface area (Å²) in [4.78, 5) is 23.1. The molecule has 0 aromatic rings. The first-order valence-corrected chi connectivity index (χ1v) is 7.11. The number of cyclic esters (lactones) is 2. The normalized spacial score (nSPS) is 31.3.